The van der Waals surface area contributed by atoms with E-state index in [0.717, 1.165) is 13.0 Å². The van der Waals surface area contributed by atoms with E-state index in [-0.39, 0.29) is 0 Å². The molecule has 3 heteroatoms. The van der Waals surface area contributed by atoms with Crippen molar-refractivity contribution >= 4 is 0 Å². The molecule has 0 aromatic carbocycles. The summed E-state index contributed by atoms with van der Waals surface area (Å²) in [6.07, 6.45) is 4.97. The summed E-state index contributed by atoms with van der Waals surface area (Å²) in [6, 6.07) is 0.364. The van der Waals surface area contributed by atoms with Crippen LogP contribution in [0.15, 0.2) is 12.4 Å². The molecule has 1 heterocycles. The third-order valence-electron chi connectivity index (χ3n) is 2.26. The third-order valence-corrected chi connectivity index (χ3v) is 2.26. The predicted molar refractivity (Wildman–Crippen MR) is 43.2 cm³/mol. The summed E-state index contributed by atoms with van der Waals surface area (Å²) < 4.78 is 2.16. The lowest BCUT2D eigenvalue weighted by atomic mass is 10.4. The first-order valence-corrected chi connectivity index (χ1v) is 4.09. The molecule has 0 bridgehead atoms. The van der Waals surface area contributed by atoms with E-state index in [0.29, 0.717) is 12.0 Å². The minimum atomic E-state index is 0.364. The Balaban J connectivity index is 2.23. The number of nitrogens with zero attached hydrogens (tertiary/aromatic N) is 2. The lowest BCUT2D eigenvalue weighted by molar-refractivity contribution is 0.693. The largest absolute Gasteiger partial charge is 0.335 e. The van der Waals surface area contributed by atoms with Crippen LogP contribution in [0.25, 0.3) is 0 Å². The Labute approximate surface area is 66.2 Å². The van der Waals surface area contributed by atoms with Gasteiger partial charge in [-0.05, 0) is 13.3 Å². The van der Waals surface area contributed by atoms with Crippen LogP contribution < -0.4 is 5.73 Å². The Bertz CT molecular complexity index is 254. The molecule has 2 atom stereocenters. The SMILES string of the molecule is CCn1ccnc1[C@@H]1C[C@H]1N. The van der Waals surface area contributed by atoms with Gasteiger partial charge in [-0.3, -0.25) is 0 Å². The summed E-state index contributed by atoms with van der Waals surface area (Å²) in [5, 5.41) is 0. The van der Waals surface area contributed by atoms with Crippen molar-refractivity contribution in [1.29, 1.82) is 0 Å². The van der Waals surface area contributed by atoms with Gasteiger partial charge in [-0.2, -0.15) is 0 Å². The molecule has 0 aliphatic heterocycles. The van der Waals surface area contributed by atoms with Crippen LogP contribution >= 0.6 is 0 Å². The number of aryl methyl sites for hydroxylation is 1. The summed E-state index contributed by atoms with van der Waals surface area (Å²) in [6.45, 7) is 3.12. The summed E-state index contributed by atoms with van der Waals surface area (Å²) >= 11 is 0. The van der Waals surface area contributed by atoms with E-state index < -0.39 is 0 Å². The van der Waals surface area contributed by atoms with Crippen molar-refractivity contribution in [1.82, 2.24) is 9.55 Å². The first-order valence-electron chi connectivity index (χ1n) is 4.09. The van der Waals surface area contributed by atoms with E-state index in [1.54, 1.807) is 0 Å². The van der Waals surface area contributed by atoms with Crippen molar-refractivity contribution in [3.05, 3.63) is 18.2 Å². The highest BCUT2D eigenvalue weighted by Crippen LogP contribution is 2.37. The first kappa shape index (κ1) is 6.85. The van der Waals surface area contributed by atoms with E-state index in [1.807, 2.05) is 12.4 Å². The topological polar surface area (TPSA) is 43.8 Å². The fourth-order valence-electron chi connectivity index (χ4n) is 1.43. The standard InChI is InChI=1S/C8H13N3/c1-2-11-4-3-10-8(11)6-5-7(6)9/h3-4,6-7H,2,5,9H2,1H3/t6-,7-/m1/s1. The van der Waals surface area contributed by atoms with Gasteiger partial charge < -0.3 is 10.3 Å². The van der Waals surface area contributed by atoms with Crippen LogP contribution in [0, 0.1) is 0 Å². The van der Waals surface area contributed by atoms with Gasteiger partial charge in [0.1, 0.15) is 5.82 Å². The van der Waals surface area contributed by atoms with Gasteiger partial charge in [0.15, 0.2) is 0 Å². The summed E-state index contributed by atoms with van der Waals surface area (Å²) in [5.41, 5.74) is 5.73. The lowest BCUT2D eigenvalue weighted by Crippen LogP contribution is -2.06. The van der Waals surface area contributed by atoms with E-state index >= 15 is 0 Å². The molecule has 3 nitrogen and oxygen atoms in total. The highest BCUT2D eigenvalue weighted by Gasteiger charge is 2.37. The zero-order valence-corrected chi connectivity index (χ0v) is 6.70. The monoisotopic (exact) mass is 151 g/mol. The Morgan fingerprint density at radius 2 is 2.55 bits per heavy atom. The second-order valence-corrected chi connectivity index (χ2v) is 3.08. The molecule has 0 saturated heterocycles. The van der Waals surface area contributed by atoms with Crippen LogP contribution in [0.5, 0.6) is 0 Å². The predicted octanol–water partition coefficient (Wildman–Crippen LogP) is 0.718. The Morgan fingerprint density at radius 3 is 3.09 bits per heavy atom. The fraction of sp³-hybridized carbons (Fsp3) is 0.625. The molecule has 0 unspecified atom stereocenters. The molecule has 0 radical (unpaired) electrons. The van der Waals surface area contributed by atoms with E-state index in [4.69, 9.17) is 5.73 Å². The Kier molecular flexibility index (Phi) is 1.46. The van der Waals surface area contributed by atoms with Gasteiger partial charge in [0.25, 0.3) is 0 Å². The Hall–Kier alpha value is -0.830. The van der Waals surface area contributed by atoms with Gasteiger partial charge in [-0.25, -0.2) is 4.98 Å². The van der Waals surface area contributed by atoms with Gasteiger partial charge in [0.05, 0.1) is 0 Å². The zero-order valence-electron chi connectivity index (χ0n) is 6.70. The van der Waals surface area contributed by atoms with Crippen LogP contribution in [0.1, 0.15) is 25.1 Å². The number of aromatic nitrogens is 2. The van der Waals surface area contributed by atoms with Gasteiger partial charge in [-0.1, -0.05) is 0 Å². The fourth-order valence-corrected chi connectivity index (χ4v) is 1.43. The number of hydrogen-bond donors (Lipinski definition) is 1. The second-order valence-electron chi connectivity index (χ2n) is 3.08. The molecular weight excluding hydrogens is 138 g/mol. The number of nitrogens with two attached hydrogens (primary N) is 1. The number of imidazole rings is 1. The van der Waals surface area contributed by atoms with E-state index in [2.05, 4.69) is 16.5 Å². The Morgan fingerprint density at radius 1 is 1.82 bits per heavy atom. The number of rotatable bonds is 2. The molecule has 1 aliphatic rings. The van der Waals surface area contributed by atoms with Gasteiger partial charge in [0.2, 0.25) is 0 Å². The molecule has 1 fully saturated rings. The first-order chi connectivity index (χ1) is 5.33. The summed E-state index contributed by atoms with van der Waals surface area (Å²) in [7, 11) is 0. The van der Waals surface area contributed by atoms with Gasteiger partial charge in [0, 0.05) is 30.9 Å². The van der Waals surface area contributed by atoms with Gasteiger partial charge in [-0.15, -0.1) is 0 Å². The highest BCUT2D eigenvalue weighted by molar-refractivity contribution is 5.14. The summed E-state index contributed by atoms with van der Waals surface area (Å²) in [4.78, 5) is 4.28. The van der Waals surface area contributed by atoms with Crippen LogP contribution in [-0.2, 0) is 6.54 Å². The molecule has 2 N–H and O–H groups in total. The molecule has 1 aromatic heterocycles. The van der Waals surface area contributed by atoms with Crippen molar-refractivity contribution < 1.29 is 0 Å². The van der Waals surface area contributed by atoms with E-state index in [9.17, 15) is 0 Å². The van der Waals surface area contributed by atoms with Crippen molar-refractivity contribution in [3.63, 3.8) is 0 Å². The van der Waals surface area contributed by atoms with Crippen molar-refractivity contribution in [2.24, 2.45) is 5.73 Å². The average molecular weight is 151 g/mol. The van der Waals surface area contributed by atoms with Crippen LogP contribution in [0.3, 0.4) is 0 Å². The van der Waals surface area contributed by atoms with Crippen molar-refractivity contribution in [2.45, 2.75) is 31.8 Å². The normalized spacial score (nSPS) is 28.9. The number of hydrogen-bond acceptors (Lipinski definition) is 2. The molecule has 11 heavy (non-hydrogen) atoms. The zero-order chi connectivity index (χ0) is 7.84. The molecule has 1 aromatic rings. The summed E-state index contributed by atoms with van der Waals surface area (Å²) in [5.74, 6) is 1.70. The van der Waals surface area contributed by atoms with E-state index in [1.165, 1.54) is 5.82 Å². The highest BCUT2D eigenvalue weighted by atomic mass is 15.1. The second kappa shape index (κ2) is 2.34. The van der Waals surface area contributed by atoms with Crippen molar-refractivity contribution in [3.8, 4) is 0 Å². The minimum absolute atomic E-state index is 0.364. The molecular formula is C8H13N3. The van der Waals surface area contributed by atoms with Crippen LogP contribution in [0.2, 0.25) is 0 Å². The maximum Gasteiger partial charge on any atom is 0.113 e. The maximum absolute atomic E-state index is 5.73. The molecule has 60 valence electrons. The molecule has 1 aliphatic carbocycles. The van der Waals surface area contributed by atoms with Crippen LogP contribution in [-0.4, -0.2) is 15.6 Å². The van der Waals surface area contributed by atoms with Crippen molar-refractivity contribution in [2.75, 3.05) is 0 Å². The molecule has 0 spiro atoms. The third kappa shape index (κ3) is 1.05. The average Bonchev–Trinajstić information content (AvgIpc) is 2.58. The van der Waals surface area contributed by atoms with Crippen LogP contribution in [0.4, 0.5) is 0 Å². The molecule has 2 rings (SSSR count). The van der Waals surface area contributed by atoms with Gasteiger partial charge >= 0.3 is 0 Å². The minimum Gasteiger partial charge on any atom is -0.335 e. The molecule has 1 saturated carbocycles. The molecule has 0 amide bonds. The quantitative estimate of drug-likeness (QED) is 0.676. The smallest absolute Gasteiger partial charge is 0.113 e. The lowest BCUT2D eigenvalue weighted by Gasteiger charge is -2.01. The maximum atomic E-state index is 5.73.